The Bertz CT molecular complexity index is 812. The number of carbonyl (C=O) groups excluding carboxylic acids is 2. The predicted octanol–water partition coefficient (Wildman–Crippen LogP) is 3.49. The van der Waals surface area contributed by atoms with Gasteiger partial charge in [0.25, 0.3) is 0 Å². The summed E-state index contributed by atoms with van der Waals surface area (Å²) in [5.41, 5.74) is 1.91. The molecule has 0 N–H and O–H groups in total. The molecule has 1 aromatic heterocycles. The van der Waals surface area contributed by atoms with E-state index in [2.05, 4.69) is 4.99 Å². The summed E-state index contributed by atoms with van der Waals surface area (Å²) in [4.78, 5) is 30.3. The quantitative estimate of drug-likeness (QED) is 0.757. The molecule has 1 aliphatic carbocycles. The summed E-state index contributed by atoms with van der Waals surface area (Å²) in [7, 11) is 0. The Morgan fingerprint density at radius 2 is 2.07 bits per heavy atom. The van der Waals surface area contributed by atoms with Crippen molar-refractivity contribution in [1.82, 2.24) is 0 Å². The molecular formula is C21H25NO5. The third-order valence-electron chi connectivity index (χ3n) is 5.62. The first kappa shape index (κ1) is 18.2. The van der Waals surface area contributed by atoms with Gasteiger partial charge in [-0.15, -0.1) is 0 Å². The minimum Gasteiger partial charge on any atom is -0.466 e. The highest BCUT2D eigenvalue weighted by Crippen LogP contribution is 2.43. The van der Waals surface area contributed by atoms with Crippen molar-refractivity contribution in [2.45, 2.75) is 58.0 Å². The van der Waals surface area contributed by atoms with E-state index in [9.17, 15) is 9.59 Å². The van der Waals surface area contributed by atoms with Crippen LogP contribution in [0.2, 0.25) is 0 Å². The Morgan fingerprint density at radius 3 is 2.78 bits per heavy atom. The van der Waals surface area contributed by atoms with Gasteiger partial charge < -0.3 is 13.9 Å². The summed E-state index contributed by atoms with van der Waals surface area (Å²) in [5.74, 6) is 0.180. The van der Waals surface area contributed by atoms with Gasteiger partial charge in [-0.1, -0.05) is 0 Å². The van der Waals surface area contributed by atoms with Crippen molar-refractivity contribution < 1.29 is 23.5 Å². The minimum atomic E-state index is -0.462. The third kappa shape index (κ3) is 3.50. The lowest BCUT2D eigenvalue weighted by Gasteiger charge is -2.34. The van der Waals surface area contributed by atoms with Crippen molar-refractivity contribution in [3.05, 3.63) is 34.9 Å². The number of hydrogen-bond donors (Lipinski definition) is 0. The average Bonchev–Trinajstić information content (AvgIpc) is 3.30. The minimum absolute atomic E-state index is 0.0434. The van der Waals surface area contributed by atoms with Gasteiger partial charge in [0, 0.05) is 24.4 Å². The van der Waals surface area contributed by atoms with Gasteiger partial charge in [-0.3, -0.25) is 9.79 Å². The molecule has 144 valence electrons. The maximum atomic E-state index is 13.0. The van der Waals surface area contributed by atoms with Crippen LogP contribution >= 0.6 is 0 Å². The molecule has 6 nitrogen and oxygen atoms in total. The van der Waals surface area contributed by atoms with E-state index in [1.165, 1.54) is 0 Å². The molecule has 0 spiro atoms. The van der Waals surface area contributed by atoms with E-state index in [4.69, 9.17) is 13.9 Å². The predicted molar refractivity (Wildman–Crippen MR) is 98.6 cm³/mol. The molecule has 6 heteroatoms. The Kier molecular flexibility index (Phi) is 5.00. The van der Waals surface area contributed by atoms with E-state index in [-0.39, 0.29) is 18.5 Å². The zero-order valence-corrected chi connectivity index (χ0v) is 15.8. The molecule has 1 aromatic rings. The van der Waals surface area contributed by atoms with Crippen LogP contribution in [-0.2, 0) is 19.1 Å². The number of allylic oxidation sites excluding steroid dienone is 1. The van der Waals surface area contributed by atoms with Gasteiger partial charge in [-0.05, 0) is 51.7 Å². The molecule has 3 atom stereocenters. The van der Waals surface area contributed by atoms with Gasteiger partial charge in [0.15, 0.2) is 0 Å². The monoisotopic (exact) mass is 371 g/mol. The SMILES string of the molecule is CC1=C(C(=O)OC[C@@H]2CCCO2)[C@H](c2ccc(C)o2)C2C(=O)CCCC2=N1. The number of carbonyl (C=O) groups is 2. The molecular weight excluding hydrogens is 346 g/mol. The molecule has 4 rings (SSSR count). The van der Waals surface area contributed by atoms with Crippen molar-refractivity contribution in [3.63, 3.8) is 0 Å². The normalized spacial score (nSPS) is 28.1. The van der Waals surface area contributed by atoms with Crippen LogP contribution in [0, 0.1) is 12.8 Å². The van der Waals surface area contributed by atoms with Gasteiger partial charge >= 0.3 is 5.97 Å². The Labute approximate surface area is 158 Å². The highest BCUT2D eigenvalue weighted by Gasteiger charge is 2.45. The summed E-state index contributed by atoms with van der Waals surface area (Å²) in [6, 6.07) is 3.71. The molecule has 0 amide bonds. The number of nitrogens with zero attached hydrogens (tertiary/aromatic N) is 1. The summed E-state index contributed by atoms with van der Waals surface area (Å²) in [6.45, 7) is 4.61. The van der Waals surface area contributed by atoms with Crippen molar-refractivity contribution in [2.75, 3.05) is 13.2 Å². The van der Waals surface area contributed by atoms with Gasteiger partial charge in [-0.2, -0.15) is 0 Å². The van der Waals surface area contributed by atoms with E-state index in [1.807, 2.05) is 26.0 Å². The maximum Gasteiger partial charge on any atom is 0.336 e. The van der Waals surface area contributed by atoms with Crippen LogP contribution in [0.25, 0.3) is 0 Å². The number of Topliss-reactive ketones (excluding diaryl/α,β-unsaturated/α-hetero) is 1. The third-order valence-corrected chi connectivity index (χ3v) is 5.62. The van der Waals surface area contributed by atoms with E-state index < -0.39 is 17.8 Å². The lowest BCUT2D eigenvalue weighted by molar-refractivity contribution is -0.142. The fraction of sp³-hybridized carbons (Fsp3) is 0.571. The average molecular weight is 371 g/mol. The molecule has 3 aliphatic rings. The van der Waals surface area contributed by atoms with Crippen LogP contribution in [-0.4, -0.2) is 36.8 Å². The molecule has 0 radical (unpaired) electrons. The van der Waals surface area contributed by atoms with Gasteiger partial charge in [0.2, 0.25) is 0 Å². The molecule has 0 aromatic carbocycles. The van der Waals surface area contributed by atoms with Crippen LogP contribution in [0.3, 0.4) is 0 Å². The number of furan rings is 1. The molecule has 2 aliphatic heterocycles. The summed E-state index contributed by atoms with van der Waals surface area (Å²) >= 11 is 0. The van der Waals surface area contributed by atoms with Crippen molar-refractivity contribution in [1.29, 1.82) is 0 Å². The number of esters is 1. The molecule has 27 heavy (non-hydrogen) atoms. The second-order valence-corrected chi connectivity index (χ2v) is 7.56. The van der Waals surface area contributed by atoms with E-state index >= 15 is 0 Å². The van der Waals surface area contributed by atoms with Crippen LogP contribution in [0.4, 0.5) is 0 Å². The number of ketones is 1. The Hall–Kier alpha value is -2.21. The first-order valence-corrected chi connectivity index (χ1v) is 9.70. The van der Waals surface area contributed by atoms with Crippen molar-refractivity contribution in [3.8, 4) is 0 Å². The molecule has 1 saturated heterocycles. The van der Waals surface area contributed by atoms with Crippen LogP contribution < -0.4 is 0 Å². The first-order valence-electron chi connectivity index (χ1n) is 9.70. The number of ether oxygens (including phenoxy) is 2. The molecule has 1 saturated carbocycles. The number of hydrogen-bond acceptors (Lipinski definition) is 6. The number of aryl methyl sites for hydroxylation is 1. The fourth-order valence-corrected chi connectivity index (χ4v) is 4.34. The second kappa shape index (κ2) is 7.43. The summed E-state index contributed by atoms with van der Waals surface area (Å²) < 4.78 is 17.0. The molecule has 0 bridgehead atoms. The van der Waals surface area contributed by atoms with Crippen LogP contribution in [0.5, 0.6) is 0 Å². The van der Waals surface area contributed by atoms with E-state index in [0.717, 1.165) is 37.2 Å². The Morgan fingerprint density at radius 1 is 1.22 bits per heavy atom. The lowest BCUT2D eigenvalue weighted by atomic mass is 9.71. The summed E-state index contributed by atoms with van der Waals surface area (Å²) in [5, 5.41) is 0. The smallest absolute Gasteiger partial charge is 0.336 e. The highest BCUT2D eigenvalue weighted by molar-refractivity contribution is 6.11. The Balaban J connectivity index is 1.67. The molecule has 2 fully saturated rings. The van der Waals surface area contributed by atoms with Crippen LogP contribution in [0.1, 0.15) is 56.5 Å². The molecule has 1 unspecified atom stereocenters. The second-order valence-electron chi connectivity index (χ2n) is 7.56. The van der Waals surface area contributed by atoms with Crippen molar-refractivity contribution in [2.24, 2.45) is 10.9 Å². The maximum absolute atomic E-state index is 13.0. The zero-order chi connectivity index (χ0) is 19.0. The van der Waals surface area contributed by atoms with Gasteiger partial charge in [0.1, 0.15) is 23.9 Å². The largest absolute Gasteiger partial charge is 0.466 e. The van der Waals surface area contributed by atoms with E-state index in [1.54, 1.807) is 0 Å². The van der Waals surface area contributed by atoms with Crippen LogP contribution in [0.15, 0.2) is 32.8 Å². The highest BCUT2D eigenvalue weighted by atomic mass is 16.6. The number of fused-ring (bicyclic) bond motifs is 1. The van der Waals surface area contributed by atoms with E-state index in [0.29, 0.717) is 30.1 Å². The standard InChI is InChI=1S/C21H25NO5/c1-12-8-9-17(27-12)20-18(21(24)26-11-14-5-4-10-25-14)13(2)22-15-6-3-7-16(23)19(15)20/h8-9,14,19-20H,3-7,10-11H2,1-2H3/t14-,19?,20-/m0/s1. The zero-order valence-electron chi connectivity index (χ0n) is 15.8. The number of rotatable bonds is 4. The fourth-order valence-electron chi connectivity index (χ4n) is 4.34. The lowest BCUT2D eigenvalue weighted by Crippen LogP contribution is -2.39. The van der Waals surface area contributed by atoms with Gasteiger partial charge in [-0.25, -0.2) is 4.79 Å². The first-order chi connectivity index (χ1) is 13.0. The van der Waals surface area contributed by atoms with Crippen molar-refractivity contribution >= 4 is 17.5 Å². The van der Waals surface area contributed by atoms with Gasteiger partial charge in [0.05, 0.1) is 23.5 Å². The summed E-state index contributed by atoms with van der Waals surface area (Å²) in [6.07, 6.45) is 3.94. The number of aliphatic imine (C=N–C) groups is 1. The topological polar surface area (TPSA) is 78.1 Å². The molecule has 3 heterocycles.